The number of aryl methyl sites for hydroxylation is 1. The van der Waals surface area contributed by atoms with Crippen LogP contribution in [0.1, 0.15) is 22.7 Å². The maximum Gasteiger partial charge on any atom is 0.161 e. The maximum atomic E-state index is 6.45. The zero-order valence-electron chi connectivity index (χ0n) is 12.7. The molecule has 0 aliphatic rings. The molecule has 0 amide bonds. The second kappa shape index (κ2) is 6.83. The molecule has 0 aliphatic carbocycles. The highest BCUT2D eigenvalue weighted by Gasteiger charge is 2.18. The minimum atomic E-state index is -0.00259. The quantitative estimate of drug-likeness (QED) is 0.906. The highest BCUT2D eigenvalue weighted by atomic mass is 35.5. The van der Waals surface area contributed by atoms with Crippen LogP contribution in [0.4, 0.5) is 0 Å². The second-order valence-electron chi connectivity index (χ2n) is 4.81. The highest BCUT2D eigenvalue weighted by molar-refractivity contribution is 6.32. The van der Waals surface area contributed by atoms with Gasteiger partial charge < -0.3 is 14.8 Å². The zero-order chi connectivity index (χ0) is 15.4. The van der Waals surface area contributed by atoms with Gasteiger partial charge in [-0.1, -0.05) is 35.9 Å². The van der Waals surface area contributed by atoms with Gasteiger partial charge in [-0.2, -0.15) is 0 Å². The molecular weight excluding hydrogens is 286 g/mol. The van der Waals surface area contributed by atoms with Gasteiger partial charge in [0.15, 0.2) is 11.5 Å². The summed E-state index contributed by atoms with van der Waals surface area (Å²) in [7, 11) is 5.18. The van der Waals surface area contributed by atoms with Crippen LogP contribution in [0.3, 0.4) is 0 Å². The molecule has 0 saturated heterocycles. The van der Waals surface area contributed by atoms with E-state index in [2.05, 4.69) is 5.32 Å². The summed E-state index contributed by atoms with van der Waals surface area (Å²) in [6, 6.07) is 11.9. The third kappa shape index (κ3) is 3.14. The lowest BCUT2D eigenvalue weighted by molar-refractivity contribution is 0.354. The fourth-order valence-electron chi connectivity index (χ4n) is 2.43. The Bertz CT molecular complexity index is 628. The standard InChI is InChI=1S/C17H20ClNO2/c1-11-6-5-7-13(16(11)18)17(19-2)12-8-9-14(20-3)15(10-12)21-4/h5-10,17,19H,1-4H3. The molecule has 0 aromatic heterocycles. The van der Waals surface area contributed by atoms with Gasteiger partial charge in [-0.15, -0.1) is 0 Å². The van der Waals surface area contributed by atoms with E-state index in [1.54, 1.807) is 14.2 Å². The second-order valence-corrected chi connectivity index (χ2v) is 5.19. The summed E-state index contributed by atoms with van der Waals surface area (Å²) in [5.41, 5.74) is 3.18. The Labute approximate surface area is 130 Å². The smallest absolute Gasteiger partial charge is 0.161 e. The minimum Gasteiger partial charge on any atom is -0.493 e. The Morgan fingerprint density at radius 2 is 1.76 bits per heavy atom. The van der Waals surface area contributed by atoms with Crippen LogP contribution in [-0.2, 0) is 0 Å². The van der Waals surface area contributed by atoms with Crippen LogP contribution in [-0.4, -0.2) is 21.3 Å². The summed E-state index contributed by atoms with van der Waals surface area (Å²) in [4.78, 5) is 0. The van der Waals surface area contributed by atoms with Crippen LogP contribution in [0.2, 0.25) is 5.02 Å². The van der Waals surface area contributed by atoms with Gasteiger partial charge in [0.2, 0.25) is 0 Å². The summed E-state index contributed by atoms with van der Waals surface area (Å²) < 4.78 is 10.7. The molecule has 4 heteroatoms. The first-order chi connectivity index (χ1) is 10.1. The molecule has 112 valence electrons. The van der Waals surface area contributed by atoms with E-state index < -0.39 is 0 Å². The van der Waals surface area contributed by atoms with Gasteiger partial charge >= 0.3 is 0 Å². The van der Waals surface area contributed by atoms with Crippen LogP contribution in [0, 0.1) is 6.92 Å². The molecule has 2 rings (SSSR count). The van der Waals surface area contributed by atoms with Crippen LogP contribution < -0.4 is 14.8 Å². The van der Waals surface area contributed by atoms with Crippen LogP contribution in [0.25, 0.3) is 0 Å². The molecule has 21 heavy (non-hydrogen) atoms. The van der Waals surface area contributed by atoms with E-state index in [9.17, 15) is 0 Å². The van der Waals surface area contributed by atoms with Gasteiger partial charge in [0.25, 0.3) is 0 Å². The lowest BCUT2D eigenvalue weighted by atomic mass is 9.97. The van der Waals surface area contributed by atoms with Crippen molar-refractivity contribution in [3.05, 3.63) is 58.1 Å². The molecule has 2 aromatic carbocycles. The Morgan fingerprint density at radius 3 is 2.38 bits per heavy atom. The highest BCUT2D eigenvalue weighted by Crippen LogP contribution is 2.35. The average Bonchev–Trinajstić information content (AvgIpc) is 2.51. The van der Waals surface area contributed by atoms with Gasteiger partial charge in [0, 0.05) is 5.02 Å². The Morgan fingerprint density at radius 1 is 1.05 bits per heavy atom. The number of methoxy groups -OCH3 is 2. The molecule has 1 unspecified atom stereocenters. The Balaban J connectivity index is 2.49. The van der Waals surface area contributed by atoms with E-state index in [1.165, 1.54) is 0 Å². The molecule has 0 fully saturated rings. The third-order valence-electron chi connectivity index (χ3n) is 3.56. The molecule has 3 nitrogen and oxygen atoms in total. The number of nitrogens with one attached hydrogen (secondary N) is 1. The molecule has 0 bridgehead atoms. The van der Waals surface area contributed by atoms with Gasteiger partial charge in [0.05, 0.1) is 20.3 Å². The van der Waals surface area contributed by atoms with Gasteiger partial charge in [-0.3, -0.25) is 0 Å². The minimum absolute atomic E-state index is 0.00259. The molecular formula is C17H20ClNO2. The summed E-state index contributed by atoms with van der Waals surface area (Å²) in [6.45, 7) is 2.01. The van der Waals surface area contributed by atoms with Crippen LogP contribution >= 0.6 is 11.6 Å². The van der Waals surface area contributed by atoms with Crippen molar-refractivity contribution in [3.63, 3.8) is 0 Å². The number of hydrogen-bond donors (Lipinski definition) is 1. The van der Waals surface area contributed by atoms with Crippen molar-refractivity contribution in [2.75, 3.05) is 21.3 Å². The van der Waals surface area contributed by atoms with Crippen LogP contribution in [0.15, 0.2) is 36.4 Å². The summed E-state index contributed by atoms with van der Waals surface area (Å²) in [6.07, 6.45) is 0. The van der Waals surface area contributed by atoms with Gasteiger partial charge in [-0.25, -0.2) is 0 Å². The lowest BCUT2D eigenvalue weighted by Crippen LogP contribution is -2.18. The van der Waals surface area contributed by atoms with Crippen molar-refractivity contribution in [1.29, 1.82) is 0 Å². The van der Waals surface area contributed by atoms with Crippen LogP contribution in [0.5, 0.6) is 11.5 Å². The van der Waals surface area contributed by atoms with E-state index in [0.29, 0.717) is 11.5 Å². The summed E-state index contributed by atoms with van der Waals surface area (Å²) in [5, 5.41) is 4.09. The fourth-order valence-corrected chi connectivity index (χ4v) is 2.66. The van der Waals surface area contributed by atoms with Gasteiger partial charge in [0.1, 0.15) is 0 Å². The first-order valence-corrected chi connectivity index (χ1v) is 7.14. The predicted octanol–water partition coefficient (Wildman–Crippen LogP) is 3.97. The Kier molecular flexibility index (Phi) is 5.10. The van der Waals surface area contributed by atoms with Crippen molar-refractivity contribution in [2.45, 2.75) is 13.0 Å². The lowest BCUT2D eigenvalue weighted by Gasteiger charge is -2.20. The third-order valence-corrected chi connectivity index (χ3v) is 4.08. The molecule has 0 heterocycles. The van der Waals surface area contributed by atoms with Crippen molar-refractivity contribution < 1.29 is 9.47 Å². The SMILES string of the molecule is CNC(c1ccc(OC)c(OC)c1)c1cccc(C)c1Cl. The zero-order valence-corrected chi connectivity index (χ0v) is 13.5. The van der Waals surface area contributed by atoms with E-state index in [1.807, 2.05) is 50.4 Å². The normalized spacial score (nSPS) is 12.0. The molecule has 1 atom stereocenters. The summed E-state index contributed by atoms with van der Waals surface area (Å²) in [5.74, 6) is 1.42. The molecule has 0 spiro atoms. The predicted molar refractivity (Wildman–Crippen MR) is 86.6 cm³/mol. The maximum absolute atomic E-state index is 6.45. The monoisotopic (exact) mass is 305 g/mol. The van der Waals surface area contributed by atoms with Crippen molar-refractivity contribution >= 4 is 11.6 Å². The molecule has 0 saturated carbocycles. The van der Waals surface area contributed by atoms with Gasteiger partial charge in [-0.05, 0) is 42.8 Å². The van der Waals surface area contributed by atoms with E-state index in [4.69, 9.17) is 21.1 Å². The number of hydrogen-bond acceptors (Lipinski definition) is 3. The largest absolute Gasteiger partial charge is 0.493 e. The number of rotatable bonds is 5. The first-order valence-electron chi connectivity index (χ1n) is 6.76. The summed E-state index contributed by atoms with van der Waals surface area (Å²) >= 11 is 6.45. The number of halogens is 1. The van der Waals surface area contributed by atoms with E-state index >= 15 is 0 Å². The first kappa shape index (κ1) is 15.7. The van der Waals surface area contributed by atoms with Crippen molar-refractivity contribution in [2.24, 2.45) is 0 Å². The average molecular weight is 306 g/mol. The fraction of sp³-hybridized carbons (Fsp3) is 0.294. The molecule has 0 aliphatic heterocycles. The van der Waals surface area contributed by atoms with E-state index in [-0.39, 0.29) is 6.04 Å². The molecule has 2 aromatic rings. The number of benzene rings is 2. The van der Waals surface area contributed by atoms with Crippen molar-refractivity contribution in [3.8, 4) is 11.5 Å². The molecule has 0 radical (unpaired) electrons. The van der Waals surface area contributed by atoms with Crippen molar-refractivity contribution in [1.82, 2.24) is 5.32 Å². The number of ether oxygens (including phenoxy) is 2. The Hall–Kier alpha value is -1.71. The molecule has 1 N–H and O–H groups in total. The topological polar surface area (TPSA) is 30.5 Å². The van der Waals surface area contributed by atoms with E-state index in [0.717, 1.165) is 21.7 Å².